The lowest BCUT2D eigenvalue weighted by molar-refractivity contribution is -0.137. The molecule has 1 fully saturated rings. The molecule has 0 radical (unpaired) electrons. The third-order valence-electron chi connectivity index (χ3n) is 9.57. The van der Waals surface area contributed by atoms with E-state index < -0.39 is 11.9 Å². The summed E-state index contributed by atoms with van der Waals surface area (Å²) in [5.74, 6) is 0.518. The van der Waals surface area contributed by atoms with Crippen LogP contribution in [0.4, 0.5) is 0 Å². The number of hydrogen-bond donors (Lipinski definition) is 2. The predicted molar refractivity (Wildman–Crippen MR) is 179 cm³/mol. The fourth-order valence-electron chi connectivity index (χ4n) is 7.00. The van der Waals surface area contributed by atoms with E-state index in [2.05, 4.69) is 65.6 Å². The summed E-state index contributed by atoms with van der Waals surface area (Å²) < 4.78 is 6.48. The van der Waals surface area contributed by atoms with E-state index in [0.29, 0.717) is 23.8 Å². The third-order valence-corrected chi connectivity index (χ3v) is 9.57. The lowest BCUT2D eigenvalue weighted by Gasteiger charge is -2.36. The molecule has 1 atom stereocenters. The Hall–Kier alpha value is -3.90. The average molecular weight is 610 g/mol. The summed E-state index contributed by atoms with van der Waals surface area (Å²) in [5.41, 5.74) is 5.13. The van der Waals surface area contributed by atoms with Crippen molar-refractivity contribution in [3.05, 3.63) is 107 Å². The van der Waals surface area contributed by atoms with Gasteiger partial charge in [-0.1, -0.05) is 66.7 Å². The molecule has 0 heterocycles. The first-order valence-corrected chi connectivity index (χ1v) is 16.7. The minimum atomic E-state index is -0.894. The number of hydrogen-bond acceptors (Lipinski definition) is 4. The monoisotopic (exact) mass is 609 g/mol. The van der Waals surface area contributed by atoms with Gasteiger partial charge in [-0.2, -0.15) is 0 Å². The Bertz CT molecular complexity index is 1430. The van der Waals surface area contributed by atoms with E-state index in [-0.39, 0.29) is 12.5 Å². The molecule has 6 heteroatoms. The van der Waals surface area contributed by atoms with Gasteiger partial charge in [0.2, 0.25) is 0 Å². The van der Waals surface area contributed by atoms with Crippen molar-refractivity contribution in [3.63, 3.8) is 0 Å². The van der Waals surface area contributed by atoms with Gasteiger partial charge in [0, 0.05) is 19.0 Å². The fourth-order valence-corrected chi connectivity index (χ4v) is 7.00. The molecule has 0 amide bonds. The van der Waals surface area contributed by atoms with Gasteiger partial charge in [-0.15, -0.1) is 0 Å². The van der Waals surface area contributed by atoms with Crippen molar-refractivity contribution < 1.29 is 24.5 Å². The summed E-state index contributed by atoms with van der Waals surface area (Å²) in [5, 5.41) is 18.7. The summed E-state index contributed by atoms with van der Waals surface area (Å²) in [6, 6.07) is 24.6. The van der Waals surface area contributed by atoms with Gasteiger partial charge >= 0.3 is 11.9 Å². The molecule has 5 rings (SSSR count). The molecule has 2 N–H and O–H groups in total. The van der Waals surface area contributed by atoms with Crippen LogP contribution >= 0.6 is 0 Å². The number of carboxylic acid groups (broad SMARTS) is 2. The molecule has 1 unspecified atom stereocenters. The Labute approximate surface area is 267 Å². The highest BCUT2D eigenvalue weighted by atomic mass is 16.5. The second kappa shape index (κ2) is 16.4. The summed E-state index contributed by atoms with van der Waals surface area (Å²) >= 11 is 0. The first kappa shape index (κ1) is 32.5. The maximum atomic E-state index is 11.6. The highest BCUT2D eigenvalue weighted by Gasteiger charge is 2.27. The molecule has 0 spiro atoms. The zero-order valence-electron chi connectivity index (χ0n) is 26.3. The SMILES string of the molecule is O=C(O)CCCCN(CCc1ccccc1OC[C@H]1CC[C@H](/C=C/c2ccccc2)CC1)C1CCCc2cc(C(=O)O)ccc21. The molecule has 0 aromatic heterocycles. The van der Waals surface area contributed by atoms with Crippen LogP contribution < -0.4 is 4.74 Å². The number of aryl methyl sites for hydroxylation is 1. The van der Waals surface area contributed by atoms with Gasteiger partial charge in [-0.25, -0.2) is 4.79 Å². The van der Waals surface area contributed by atoms with Crippen LogP contribution in [0.5, 0.6) is 5.75 Å². The van der Waals surface area contributed by atoms with Crippen LogP contribution in [0, 0.1) is 11.8 Å². The van der Waals surface area contributed by atoms with Gasteiger partial charge in [-0.3, -0.25) is 9.69 Å². The van der Waals surface area contributed by atoms with E-state index in [4.69, 9.17) is 9.84 Å². The van der Waals surface area contributed by atoms with Gasteiger partial charge in [0.1, 0.15) is 5.75 Å². The lowest BCUT2D eigenvalue weighted by Crippen LogP contribution is -2.34. The number of aliphatic carboxylic acids is 1. The number of allylic oxidation sites excluding steroid dienone is 1. The van der Waals surface area contributed by atoms with Crippen LogP contribution in [0.2, 0.25) is 0 Å². The second-order valence-corrected chi connectivity index (χ2v) is 12.7. The zero-order valence-corrected chi connectivity index (χ0v) is 26.3. The molecular weight excluding hydrogens is 562 g/mol. The van der Waals surface area contributed by atoms with E-state index in [9.17, 15) is 14.7 Å². The zero-order chi connectivity index (χ0) is 31.4. The number of rotatable bonds is 15. The van der Waals surface area contributed by atoms with E-state index in [0.717, 1.165) is 63.1 Å². The van der Waals surface area contributed by atoms with Crippen molar-refractivity contribution in [1.82, 2.24) is 4.90 Å². The Morgan fingerprint density at radius 1 is 0.867 bits per heavy atom. The highest BCUT2D eigenvalue weighted by Crippen LogP contribution is 2.36. The van der Waals surface area contributed by atoms with E-state index in [1.807, 2.05) is 18.2 Å². The number of nitrogens with zero attached hydrogens (tertiary/aromatic N) is 1. The van der Waals surface area contributed by atoms with Crippen molar-refractivity contribution >= 4 is 18.0 Å². The Morgan fingerprint density at radius 2 is 1.64 bits per heavy atom. The van der Waals surface area contributed by atoms with Gasteiger partial charge in [0.15, 0.2) is 0 Å². The molecule has 238 valence electrons. The van der Waals surface area contributed by atoms with E-state index in [1.54, 1.807) is 6.07 Å². The molecule has 45 heavy (non-hydrogen) atoms. The van der Waals surface area contributed by atoms with Gasteiger partial charge in [0.25, 0.3) is 0 Å². The Balaban J connectivity index is 1.19. The van der Waals surface area contributed by atoms with Crippen LogP contribution in [0.3, 0.4) is 0 Å². The summed E-state index contributed by atoms with van der Waals surface area (Å²) in [6.45, 7) is 2.38. The third kappa shape index (κ3) is 9.54. The lowest BCUT2D eigenvalue weighted by atomic mass is 9.82. The molecule has 0 bridgehead atoms. The van der Waals surface area contributed by atoms with Crippen molar-refractivity contribution in [1.29, 1.82) is 0 Å². The molecule has 1 saturated carbocycles. The van der Waals surface area contributed by atoms with Crippen LogP contribution in [0.25, 0.3) is 6.08 Å². The first-order valence-electron chi connectivity index (χ1n) is 16.7. The number of fused-ring (bicyclic) bond motifs is 1. The standard InChI is InChI=1S/C39H47NO5/c41-38(42)15-6-7-25-40(36-13-8-12-33-27-34(39(43)44)22-23-35(33)36)26-24-32-11-4-5-14-37(32)45-28-31-20-18-30(19-21-31)17-16-29-9-2-1-3-10-29/h1-5,9-11,14,16-17,22-23,27,30-31,36H,6-8,12-13,15,18-21,24-26,28H2,(H,41,42)(H,43,44)/b17-16+/t30-,31-,36?. The number of unbranched alkanes of at least 4 members (excludes halogenated alkanes) is 1. The summed E-state index contributed by atoms with van der Waals surface area (Å²) in [6.07, 6.45) is 14.8. The van der Waals surface area contributed by atoms with Crippen molar-refractivity contribution in [3.8, 4) is 5.75 Å². The molecule has 3 aromatic carbocycles. The number of carboxylic acids is 2. The maximum Gasteiger partial charge on any atom is 0.335 e. The molecular formula is C39H47NO5. The summed E-state index contributed by atoms with van der Waals surface area (Å²) in [7, 11) is 0. The number of benzene rings is 3. The van der Waals surface area contributed by atoms with Crippen molar-refractivity contribution in [2.24, 2.45) is 11.8 Å². The van der Waals surface area contributed by atoms with Crippen molar-refractivity contribution in [2.45, 2.75) is 76.7 Å². The van der Waals surface area contributed by atoms with E-state index in [1.165, 1.54) is 42.4 Å². The largest absolute Gasteiger partial charge is 0.493 e. The minimum Gasteiger partial charge on any atom is -0.493 e. The van der Waals surface area contributed by atoms with Gasteiger partial charge in [0.05, 0.1) is 12.2 Å². The summed E-state index contributed by atoms with van der Waals surface area (Å²) in [4.78, 5) is 25.2. The number of para-hydroxylation sites is 1. The van der Waals surface area contributed by atoms with Crippen LogP contribution in [-0.4, -0.2) is 46.7 Å². The molecule has 2 aliphatic rings. The molecule has 3 aromatic rings. The Morgan fingerprint density at radius 3 is 2.42 bits per heavy atom. The number of ether oxygens (including phenoxy) is 1. The number of carbonyl (C=O) groups is 2. The average Bonchev–Trinajstić information content (AvgIpc) is 3.07. The molecule has 2 aliphatic carbocycles. The van der Waals surface area contributed by atoms with Crippen LogP contribution in [0.1, 0.15) is 96.4 Å². The van der Waals surface area contributed by atoms with Crippen molar-refractivity contribution in [2.75, 3.05) is 19.7 Å². The Kier molecular flexibility index (Phi) is 11.9. The van der Waals surface area contributed by atoms with Crippen LogP contribution in [-0.2, 0) is 17.6 Å². The van der Waals surface area contributed by atoms with Gasteiger partial charge < -0.3 is 14.9 Å². The molecule has 6 nitrogen and oxygen atoms in total. The topological polar surface area (TPSA) is 87.1 Å². The minimum absolute atomic E-state index is 0.180. The quantitative estimate of drug-likeness (QED) is 0.168. The second-order valence-electron chi connectivity index (χ2n) is 12.7. The molecule has 0 aliphatic heterocycles. The fraction of sp³-hybridized carbons (Fsp3) is 0.436. The smallest absolute Gasteiger partial charge is 0.335 e. The molecule has 0 saturated heterocycles. The first-order chi connectivity index (χ1) is 22.0. The predicted octanol–water partition coefficient (Wildman–Crippen LogP) is 8.46. The van der Waals surface area contributed by atoms with Gasteiger partial charge in [-0.05, 0) is 123 Å². The normalized spacial score (nSPS) is 19.8. The van der Waals surface area contributed by atoms with E-state index >= 15 is 0 Å². The maximum absolute atomic E-state index is 11.6. The highest BCUT2D eigenvalue weighted by molar-refractivity contribution is 5.88. The van der Waals surface area contributed by atoms with Crippen LogP contribution in [0.15, 0.2) is 78.9 Å². The number of aromatic carboxylic acids is 1.